The molecule has 3 rings (SSSR count). The van der Waals surface area contributed by atoms with E-state index in [-0.39, 0.29) is 5.91 Å². The number of amides is 1. The van der Waals surface area contributed by atoms with E-state index in [0.29, 0.717) is 24.3 Å². The molecule has 0 aliphatic heterocycles. The molecule has 2 aliphatic rings. The molecule has 0 aromatic heterocycles. The summed E-state index contributed by atoms with van der Waals surface area (Å²) < 4.78 is 11.2. The molecule has 4 heteroatoms. The van der Waals surface area contributed by atoms with Gasteiger partial charge >= 0.3 is 0 Å². The fourth-order valence-electron chi connectivity index (χ4n) is 2.81. The van der Waals surface area contributed by atoms with Gasteiger partial charge in [0.2, 0.25) is 5.91 Å². The van der Waals surface area contributed by atoms with Gasteiger partial charge in [-0.2, -0.15) is 0 Å². The molecule has 4 nitrogen and oxygen atoms in total. The maximum atomic E-state index is 12.5. The predicted octanol–water partition coefficient (Wildman–Crippen LogP) is 4.14. The number of hydrogen-bond donors (Lipinski definition) is 0. The Kier molecular flexibility index (Phi) is 5.67. The molecular weight excluding hydrogens is 314 g/mol. The number of methoxy groups -OCH3 is 1. The zero-order valence-corrected chi connectivity index (χ0v) is 15.5. The van der Waals surface area contributed by atoms with E-state index in [4.69, 9.17) is 9.47 Å². The standard InChI is InChI=1S/C21H29NO3/c1-15(2)14-25-19-10-6-16(12-20(19)24-3)7-11-21(23)22(18-8-9-18)13-17-4-5-17/h6-7,10-12,15,17-18H,4-5,8-9,13-14H2,1-3H3/b11-7+. The summed E-state index contributed by atoms with van der Waals surface area (Å²) in [5.41, 5.74) is 0.948. The molecule has 0 saturated heterocycles. The van der Waals surface area contributed by atoms with Crippen LogP contribution in [0.4, 0.5) is 0 Å². The third kappa shape index (κ3) is 5.25. The van der Waals surface area contributed by atoms with Gasteiger partial charge in [-0.05, 0) is 61.3 Å². The molecule has 25 heavy (non-hydrogen) atoms. The van der Waals surface area contributed by atoms with Crippen LogP contribution >= 0.6 is 0 Å². The topological polar surface area (TPSA) is 38.8 Å². The maximum Gasteiger partial charge on any atom is 0.246 e. The van der Waals surface area contributed by atoms with Crippen LogP contribution in [0.1, 0.15) is 45.1 Å². The third-order valence-corrected chi connectivity index (χ3v) is 4.60. The fraction of sp³-hybridized carbons (Fsp3) is 0.571. The summed E-state index contributed by atoms with van der Waals surface area (Å²) in [7, 11) is 1.64. The van der Waals surface area contributed by atoms with Gasteiger partial charge in [-0.15, -0.1) is 0 Å². The number of hydrogen-bond acceptors (Lipinski definition) is 3. The minimum absolute atomic E-state index is 0.133. The number of ether oxygens (including phenoxy) is 2. The Labute approximate surface area is 150 Å². The van der Waals surface area contributed by atoms with E-state index < -0.39 is 0 Å². The molecule has 2 aliphatic carbocycles. The lowest BCUT2D eigenvalue weighted by Gasteiger charge is -2.20. The quantitative estimate of drug-likeness (QED) is 0.633. The largest absolute Gasteiger partial charge is 0.493 e. The molecule has 0 spiro atoms. The summed E-state index contributed by atoms with van der Waals surface area (Å²) >= 11 is 0. The minimum Gasteiger partial charge on any atom is -0.493 e. The van der Waals surface area contributed by atoms with Crippen molar-refractivity contribution in [1.29, 1.82) is 0 Å². The summed E-state index contributed by atoms with van der Waals surface area (Å²) in [4.78, 5) is 14.6. The summed E-state index contributed by atoms with van der Waals surface area (Å²) in [6, 6.07) is 6.26. The number of rotatable bonds is 9. The summed E-state index contributed by atoms with van der Waals surface area (Å²) in [5, 5.41) is 0. The van der Waals surface area contributed by atoms with Crippen molar-refractivity contribution in [2.45, 2.75) is 45.6 Å². The Morgan fingerprint density at radius 1 is 1.24 bits per heavy atom. The van der Waals surface area contributed by atoms with E-state index in [1.165, 1.54) is 12.8 Å². The van der Waals surface area contributed by atoms with Crippen molar-refractivity contribution < 1.29 is 14.3 Å². The van der Waals surface area contributed by atoms with Gasteiger partial charge in [-0.1, -0.05) is 19.9 Å². The lowest BCUT2D eigenvalue weighted by molar-refractivity contribution is -0.126. The van der Waals surface area contributed by atoms with Crippen LogP contribution in [0.25, 0.3) is 6.08 Å². The van der Waals surface area contributed by atoms with E-state index in [9.17, 15) is 4.79 Å². The third-order valence-electron chi connectivity index (χ3n) is 4.60. The van der Waals surface area contributed by atoms with Crippen molar-refractivity contribution in [3.63, 3.8) is 0 Å². The smallest absolute Gasteiger partial charge is 0.246 e. The zero-order chi connectivity index (χ0) is 17.8. The average molecular weight is 343 g/mol. The summed E-state index contributed by atoms with van der Waals surface area (Å²) in [5.74, 6) is 2.77. The van der Waals surface area contributed by atoms with Crippen molar-refractivity contribution >= 4 is 12.0 Å². The van der Waals surface area contributed by atoms with Gasteiger partial charge in [-0.3, -0.25) is 4.79 Å². The number of carbonyl (C=O) groups is 1. The minimum atomic E-state index is 0.133. The molecule has 0 heterocycles. The first-order valence-corrected chi connectivity index (χ1v) is 9.36. The molecule has 0 unspecified atom stereocenters. The molecule has 0 atom stereocenters. The average Bonchev–Trinajstić information content (AvgIpc) is 3.49. The van der Waals surface area contributed by atoms with Crippen LogP contribution in [0.15, 0.2) is 24.3 Å². The number of benzene rings is 1. The highest BCUT2D eigenvalue weighted by Gasteiger charge is 2.35. The van der Waals surface area contributed by atoms with Gasteiger partial charge in [-0.25, -0.2) is 0 Å². The Morgan fingerprint density at radius 2 is 2.00 bits per heavy atom. The SMILES string of the molecule is COc1cc(/C=C/C(=O)N(CC2CC2)C2CC2)ccc1OCC(C)C. The highest BCUT2D eigenvalue weighted by molar-refractivity contribution is 5.92. The van der Waals surface area contributed by atoms with Crippen molar-refractivity contribution in [1.82, 2.24) is 4.90 Å². The Morgan fingerprint density at radius 3 is 2.60 bits per heavy atom. The Bertz CT molecular complexity index is 630. The molecule has 136 valence electrons. The van der Waals surface area contributed by atoms with Crippen LogP contribution in [-0.2, 0) is 4.79 Å². The van der Waals surface area contributed by atoms with Crippen molar-refractivity contribution in [3.8, 4) is 11.5 Å². The molecule has 1 aromatic carbocycles. The molecule has 0 bridgehead atoms. The Hall–Kier alpha value is -1.97. The van der Waals surface area contributed by atoms with Crippen LogP contribution in [0, 0.1) is 11.8 Å². The number of carbonyl (C=O) groups excluding carboxylic acids is 1. The van der Waals surface area contributed by atoms with E-state index in [1.807, 2.05) is 24.3 Å². The summed E-state index contributed by atoms with van der Waals surface area (Å²) in [6.45, 7) is 5.81. The van der Waals surface area contributed by atoms with Crippen LogP contribution in [0.2, 0.25) is 0 Å². The van der Waals surface area contributed by atoms with Gasteiger partial charge in [0, 0.05) is 18.7 Å². The first-order chi connectivity index (χ1) is 12.1. The number of nitrogens with zero attached hydrogens (tertiary/aromatic N) is 1. The van der Waals surface area contributed by atoms with Crippen molar-refractivity contribution in [2.24, 2.45) is 11.8 Å². The van der Waals surface area contributed by atoms with Crippen LogP contribution in [-0.4, -0.2) is 37.1 Å². The fourth-order valence-corrected chi connectivity index (χ4v) is 2.81. The maximum absolute atomic E-state index is 12.5. The lowest BCUT2D eigenvalue weighted by Crippen LogP contribution is -2.33. The van der Waals surface area contributed by atoms with Crippen LogP contribution in [0.3, 0.4) is 0 Å². The normalized spacial score (nSPS) is 17.1. The highest BCUT2D eigenvalue weighted by Crippen LogP contribution is 2.35. The van der Waals surface area contributed by atoms with Gasteiger partial charge < -0.3 is 14.4 Å². The second-order valence-corrected chi connectivity index (χ2v) is 7.61. The molecule has 1 amide bonds. The highest BCUT2D eigenvalue weighted by atomic mass is 16.5. The second-order valence-electron chi connectivity index (χ2n) is 7.61. The zero-order valence-electron chi connectivity index (χ0n) is 15.5. The van der Waals surface area contributed by atoms with E-state index in [1.54, 1.807) is 13.2 Å². The Balaban J connectivity index is 1.64. The van der Waals surface area contributed by atoms with Crippen molar-refractivity contribution in [3.05, 3.63) is 29.8 Å². The predicted molar refractivity (Wildman–Crippen MR) is 99.8 cm³/mol. The van der Waals surface area contributed by atoms with E-state index in [2.05, 4.69) is 18.7 Å². The van der Waals surface area contributed by atoms with Crippen LogP contribution < -0.4 is 9.47 Å². The van der Waals surface area contributed by atoms with Gasteiger partial charge in [0.05, 0.1) is 13.7 Å². The lowest BCUT2D eigenvalue weighted by atomic mass is 10.1. The molecular formula is C21H29NO3. The van der Waals surface area contributed by atoms with Crippen molar-refractivity contribution in [2.75, 3.05) is 20.3 Å². The van der Waals surface area contributed by atoms with Gasteiger partial charge in [0.25, 0.3) is 0 Å². The van der Waals surface area contributed by atoms with E-state index >= 15 is 0 Å². The molecule has 2 saturated carbocycles. The summed E-state index contributed by atoms with van der Waals surface area (Å²) in [6.07, 6.45) is 8.43. The molecule has 2 fully saturated rings. The van der Waals surface area contributed by atoms with E-state index in [0.717, 1.165) is 36.6 Å². The van der Waals surface area contributed by atoms with Gasteiger partial charge in [0.15, 0.2) is 11.5 Å². The first-order valence-electron chi connectivity index (χ1n) is 9.36. The monoisotopic (exact) mass is 343 g/mol. The first kappa shape index (κ1) is 17.8. The van der Waals surface area contributed by atoms with Gasteiger partial charge in [0.1, 0.15) is 0 Å². The molecule has 0 N–H and O–H groups in total. The second kappa shape index (κ2) is 7.94. The molecule has 1 aromatic rings. The molecule has 0 radical (unpaired) electrons. The van der Waals surface area contributed by atoms with Crippen LogP contribution in [0.5, 0.6) is 11.5 Å².